The van der Waals surface area contributed by atoms with Crippen molar-refractivity contribution >= 4 is 17.3 Å². The molecule has 0 fully saturated rings. The Balaban J connectivity index is 2.80. The number of benzene rings is 1. The molecular weight excluding hydrogens is 218 g/mol. The van der Waals surface area contributed by atoms with Gasteiger partial charge in [0.25, 0.3) is 5.91 Å². The molecule has 1 aromatic rings. The third-order valence-electron chi connectivity index (χ3n) is 1.83. The van der Waals surface area contributed by atoms with Gasteiger partial charge in [0.15, 0.2) is 11.6 Å². The summed E-state index contributed by atoms with van der Waals surface area (Å²) in [6.07, 6.45) is 0. The molecule has 0 heterocycles. The summed E-state index contributed by atoms with van der Waals surface area (Å²) in [5.74, 6) is -2.83. The molecular formula is C10H12F2N2O2. The lowest BCUT2D eigenvalue weighted by atomic mass is 10.2. The van der Waals surface area contributed by atoms with Crippen LogP contribution in [-0.2, 0) is 9.53 Å². The molecule has 1 aromatic carbocycles. The number of nitrogen functional groups attached to an aromatic ring is 1. The van der Waals surface area contributed by atoms with Crippen LogP contribution < -0.4 is 11.1 Å². The van der Waals surface area contributed by atoms with Gasteiger partial charge in [0.1, 0.15) is 12.3 Å². The van der Waals surface area contributed by atoms with Crippen molar-refractivity contribution in [1.82, 2.24) is 0 Å². The maximum Gasteiger partial charge on any atom is 0.250 e. The van der Waals surface area contributed by atoms with Crippen LogP contribution in [0.3, 0.4) is 0 Å². The smallest absolute Gasteiger partial charge is 0.250 e. The summed E-state index contributed by atoms with van der Waals surface area (Å²) in [5, 5.41) is 2.15. The maximum atomic E-state index is 13.2. The minimum Gasteiger partial charge on any atom is -0.397 e. The van der Waals surface area contributed by atoms with Crippen molar-refractivity contribution in [3.63, 3.8) is 0 Å². The summed E-state index contributed by atoms with van der Waals surface area (Å²) in [4.78, 5) is 11.2. The Hall–Kier alpha value is -1.69. The summed E-state index contributed by atoms with van der Waals surface area (Å²) in [6, 6.07) is 2.07. The van der Waals surface area contributed by atoms with E-state index in [-0.39, 0.29) is 18.0 Å². The number of hydrogen-bond acceptors (Lipinski definition) is 3. The Morgan fingerprint density at radius 3 is 2.81 bits per heavy atom. The highest BCUT2D eigenvalue weighted by molar-refractivity contribution is 5.94. The van der Waals surface area contributed by atoms with Crippen LogP contribution in [0, 0.1) is 11.6 Å². The molecule has 1 rings (SSSR count). The number of halogens is 2. The van der Waals surface area contributed by atoms with Gasteiger partial charge in [-0.05, 0) is 19.1 Å². The van der Waals surface area contributed by atoms with Gasteiger partial charge < -0.3 is 15.8 Å². The van der Waals surface area contributed by atoms with Gasteiger partial charge in [-0.1, -0.05) is 0 Å². The lowest BCUT2D eigenvalue weighted by Crippen LogP contribution is -2.20. The van der Waals surface area contributed by atoms with Crippen molar-refractivity contribution < 1.29 is 18.3 Å². The number of nitrogens with two attached hydrogens (primary N) is 1. The van der Waals surface area contributed by atoms with Crippen LogP contribution in [-0.4, -0.2) is 19.1 Å². The fraction of sp³-hybridized carbons (Fsp3) is 0.300. The lowest BCUT2D eigenvalue weighted by Gasteiger charge is -2.09. The molecule has 0 aliphatic heterocycles. The molecule has 3 N–H and O–H groups in total. The normalized spacial score (nSPS) is 10.2. The average molecular weight is 230 g/mol. The van der Waals surface area contributed by atoms with E-state index in [9.17, 15) is 13.6 Å². The fourth-order valence-corrected chi connectivity index (χ4v) is 1.06. The van der Waals surface area contributed by atoms with E-state index in [1.807, 2.05) is 0 Å². The van der Waals surface area contributed by atoms with E-state index in [2.05, 4.69) is 5.32 Å². The molecule has 1 amide bonds. The summed E-state index contributed by atoms with van der Waals surface area (Å²) in [6.45, 7) is 1.84. The second-order valence-corrected chi connectivity index (χ2v) is 3.01. The van der Waals surface area contributed by atoms with Crippen LogP contribution in [0.4, 0.5) is 20.2 Å². The first-order valence-corrected chi connectivity index (χ1v) is 4.67. The van der Waals surface area contributed by atoms with Crippen molar-refractivity contribution in [1.29, 1.82) is 0 Å². The molecule has 0 saturated carbocycles. The SMILES string of the molecule is CCOCC(=O)Nc1c(N)ccc(F)c1F. The molecule has 0 atom stereocenters. The standard InChI is InChI=1S/C10H12F2N2O2/c1-2-16-5-8(15)14-10-7(13)4-3-6(11)9(10)12/h3-4H,2,5,13H2,1H3,(H,14,15). The molecule has 88 valence electrons. The Morgan fingerprint density at radius 2 is 2.19 bits per heavy atom. The molecule has 4 nitrogen and oxygen atoms in total. The van der Waals surface area contributed by atoms with Crippen molar-refractivity contribution in [2.75, 3.05) is 24.3 Å². The van der Waals surface area contributed by atoms with Crippen molar-refractivity contribution in [2.24, 2.45) is 0 Å². The Morgan fingerprint density at radius 1 is 1.50 bits per heavy atom. The molecule has 0 aliphatic rings. The topological polar surface area (TPSA) is 64.3 Å². The van der Waals surface area contributed by atoms with Gasteiger partial charge in [-0.15, -0.1) is 0 Å². The largest absolute Gasteiger partial charge is 0.397 e. The van der Waals surface area contributed by atoms with Gasteiger partial charge in [0.05, 0.1) is 5.69 Å². The van der Waals surface area contributed by atoms with E-state index in [1.54, 1.807) is 6.92 Å². The van der Waals surface area contributed by atoms with Crippen molar-refractivity contribution in [3.8, 4) is 0 Å². The van der Waals surface area contributed by atoms with E-state index in [0.29, 0.717) is 6.61 Å². The zero-order chi connectivity index (χ0) is 12.1. The summed E-state index contributed by atoms with van der Waals surface area (Å²) >= 11 is 0. The highest BCUT2D eigenvalue weighted by atomic mass is 19.2. The van der Waals surface area contributed by atoms with Gasteiger partial charge in [0.2, 0.25) is 0 Å². The average Bonchev–Trinajstić information content (AvgIpc) is 2.27. The summed E-state index contributed by atoms with van der Waals surface area (Å²) in [5.41, 5.74) is 5.01. The first kappa shape index (κ1) is 12.4. The van der Waals surface area contributed by atoms with Gasteiger partial charge in [-0.3, -0.25) is 4.79 Å². The van der Waals surface area contributed by atoms with E-state index in [4.69, 9.17) is 10.5 Å². The molecule has 6 heteroatoms. The van der Waals surface area contributed by atoms with Gasteiger partial charge in [-0.25, -0.2) is 8.78 Å². The monoisotopic (exact) mass is 230 g/mol. The number of amides is 1. The second-order valence-electron chi connectivity index (χ2n) is 3.01. The fourth-order valence-electron chi connectivity index (χ4n) is 1.06. The number of hydrogen-bond donors (Lipinski definition) is 2. The third-order valence-corrected chi connectivity index (χ3v) is 1.83. The molecule has 0 radical (unpaired) electrons. The lowest BCUT2D eigenvalue weighted by molar-refractivity contribution is -0.120. The second kappa shape index (κ2) is 5.41. The zero-order valence-electron chi connectivity index (χ0n) is 8.72. The van der Waals surface area contributed by atoms with Crippen LogP contribution in [0.5, 0.6) is 0 Å². The Bertz CT molecular complexity index is 397. The maximum absolute atomic E-state index is 13.2. The van der Waals surface area contributed by atoms with Gasteiger partial charge in [-0.2, -0.15) is 0 Å². The molecule has 0 spiro atoms. The third kappa shape index (κ3) is 2.90. The summed E-state index contributed by atoms with van der Waals surface area (Å²) in [7, 11) is 0. The van der Waals surface area contributed by atoms with E-state index in [1.165, 1.54) is 6.07 Å². The van der Waals surface area contributed by atoms with Gasteiger partial charge >= 0.3 is 0 Å². The van der Waals surface area contributed by atoms with Crippen LogP contribution in [0.25, 0.3) is 0 Å². The Kier molecular flexibility index (Phi) is 4.19. The summed E-state index contributed by atoms with van der Waals surface area (Å²) < 4.78 is 30.9. The highest BCUT2D eigenvalue weighted by Crippen LogP contribution is 2.24. The predicted octanol–water partition coefficient (Wildman–Crippen LogP) is 1.52. The molecule has 0 aromatic heterocycles. The number of rotatable bonds is 4. The first-order valence-electron chi connectivity index (χ1n) is 4.67. The Labute approximate surface area is 91.4 Å². The number of anilines is 2. The van der Waals surface area contributed by atoms with Crippen molar-refractivity contribution in [2.45, 2.75) is 6.92 Å². The van der Waals surface area contributed by atoms with Crippen LogP contribution in [0.2, 0.25) is 0 Å². The van der Waals surface area contributed by atoms with Crippen LogP contribution in [0.1, 0.15) is 6.92 Å². The molecule has 0 aliphatic carbocycles. The minimum atomic E-state index is -1.18. The minimum absolute atomic E-state index is 0.0382. The van der Waals surface area contributed by atoms with Crippen molar-refractivity contribution in [3.05, 3.63) is 23.8 Å². The van der Waals surface area contributed by atoms with E-state index >= 15 is 0 Å². The number of carbonyl (C=O) groups excluding carboxylic acids is 1. The number of ether oxygens (including phenoxy) is 1. The molecule has 16 heavy (non-hydrogen) atoms. The first-order chi connectivity index (χ1) is 7.56. The zero-order valence-corrected chi connectivity index (χ0v) is 8.72. The molecule has 0 bridgehead atoms. The number of nitrogens with one attached hydrogen (secondary N) is 1. The highest BCUT2D eigenvalue weighted by Gasteiger charge is 2.14. The van der Waals surface area contributed by atoms with E-state index in [0.717, 1.165) is 6.07 Å². The van der Waals surface area contributed by atoms with Crippen LogP contribution >= 0.6 is 0 Å². The van der Waals surface area contributed by atoms with E-state index < -0.39 is 17.5 Å². The van der Waals surface area contributed by atoms with Crippen LogP contribution in [0.15, 0.2) is 12.1 Å². The van der Waals surface area contributed by atoms with Gasteiger partial charge in [0, 0.05) is 6.61 Å². The predicted molar refractivity (Wildman–Crippen MR) is 55.9 cm³/mol. The number of carbonyl (C=O) groups is 1. The quantitative estimate of drug-likeness (QED) is 0.771. The molecule has 0 saturated heterocycles. The molecule has 0 unspecified atom stereocenters.